The van der Waals surface area contributed by atoms with E-state index in [4.69, 9.17) is 4.74 Å². The Morgan fingerprint density at radius 3 is 2.32 bits per heavy atom. The maximum absolute atomic E-state index is 13.1. The molecule has 0 N–H and O–H groups in total. The lowest BCUT2D eigenvalue weighted by molar-refractivity contribution is 0.00618. The van der Waals surface area contributed by atoms with Crippen molar-refractivity contribution in [2.24, 2.45) is 0 Å². The van der Waals surface area contributed by atoms with Crippen molar-refractivity contribution in [2.45, 2.75) is 44.6 Å². The lowest BCUT2D eigenvalue weighted by atomic mass is 9.94. The minimum Gasteiger partial charge on any atom is -0.383 e. The zero-order valence-corrected chi connectivity index (χ0v) is 11.8. The van der Waals surface area contributed by atoms with Gasteiger partial charge in [-0.2, -0.15) is 8.78 Å². The Hall–Kier alpha value is -0.620. The zero-order chi connectivity index (χ0) is 15.1. The summed E-state index contributed by atoms with van der Waals surface area (Å²) in [5, 5.41) is 0. The van der Waals surface area contributed by atoms with Gasteiger partial charge in [0.2, 0.25) is 0 Å². The summed E-state index contributed by atoms with van der Waals surface area (Å²) in [6, 6.07) is 0. The molecule has 0 aliphatic carbocycles. The first kappa shape index (κ1) is 18.4. The van der Waals surface area contributed by atoms with E-state index in [1.54, 1.807) is 7.11 Å². The van der Waals surface area contributed by atoms with Crippen LogP contribution in [0.5, 0.6) is 0 Å². The van der Waals surface area contributed by atoms with E-state index < -0.39 is 12.0 Å². The highest BCUT2D eigenvalue weighted by molar-refractivity contribution is 5.06. The molecule has 0 radical (unpaired) electrons. The van der Waals surface area contributed by atoms with Gasteiger partial charge in [0, 0.05) is 13.5 Å². The third-order valence-corrected chi connectivity index (χ3v) is 3.16. The first-order valence-electron chi connectivity index (χ1n) is 6.43. The summed E-state index contributed by atoms with van der Waals surface area (Å²) < 4.78 is 51.6. The molecular weight excluding hydrogens is 262 g/mol. The van der Waals surface area contributed by atoms with Crippen molar-refractivity contribution < 1.29 is 22.3 Å². The van der Waals surface area contributed by atoms with Gasteiger partial charge in [0.15, 0.2) is 0 Å². The van der Waals surface area contributed by atoms with E-state index in [-0.39, 0.29) is 18.5 Å². The van der Waals surface area contributed by atoms with Gasteiger partial charge in [-0.3, -0.25) is 4.90 Å². The molecule has 1 atom stereocenters. The molecule has 0 aromatic carbocycles. The predicted octanol–water partition coefficient (Wildman–Crippen LogP) is 3.93. The van der Waals surface area contributed by atoms with E-state index >= 15 is 0 Å². The smallest absolute Gasteiger partial charge is 0.263 e. The molecule has 0 spiro atoms. The van der Waals surface area contributed by atoms with Crippen molar-refractivity contribution in [3.8, 4) is 0 Å². The van der Waals surface area contributed by atoms with E-state index in [1.165, 1.54) is 0 Å². The quantitative estimate of drug-likeness (QED) is 0.713. The summed E-state index contributed by atoms with van der Waals surface area (Å²) in [7, 11) is 1.59. The lowest BCUT2D eigenvalue weighted by Gasteiger charge is -2.29. The number of nitrogens with zero attached hydrogens (tertiary/aromatic N) is 1. The van der Waals surface area contributed by atoms with Gasteiger partial charge in [-0.1, -0.05) is 13.8 Å². The van der Waals surface area contributed by atoms with Gasteiger partial charge < -0.3 is 4.74 Å². The highest BCUT2D eigenvalue weighted by Crippen LogP contribution is 2.45. The van der Waals surface area contributed by atoms with Crippen molar-refractivity contribution in [3.63, 3.8) is 0 Å². The van der Waals surface area contributed by atoms with E-state index in [0.717, 1.165) is 19.4 Å². The second-order valence-electron chi connectivity index (χ2n) is 4.55. The fourth-order valence-corrected chi connectivity index (χ4v) is 2.74. The van der Waals surface area contributed by atoms with Gasteiger partial charge in [0.1, 0.15) is 0 Å². The number of halogens is 4. The number of hydrogen-bond donors (Lipinski definition) is 0. The molecule has 2 saturated heterocycles. The number of alkyl halides is 2. The molecule has 2 nitrogen and oxygen atoms in total. The maximum Gasteiger partial charge on any atom is 0.263 e. The van der Waals surface area contributed by atoms with Crippen LogP contribution in [-0.4, -0.2) is 43.2 Å². The number of fused-ring (bicyclic) bond motifs is 1. The van der Waals surface area contributed by atoms with Gasteiger partial charge in [0.05, 0.1) is 18.7 Å². The van der Waals surface area contributed by atoms with Gasteiger partial charge in [-0.25, -0.2) is 8.78 Å². The average molecular weight is 285 g/mol. The first-order valence-corrected chi connectivity index (χ1v) is 6.43. The van der Waals surface area contributed by atoms with Crippen LogP contribution < -0.4 is 0 Å². The molecule has 19 heavy (non-hydrogen) atoms. The van der Waals surface area contributed by atoms with Gasteiger partial charge in [-0.05, 0) is 26.0 Å². The standard InChI is InChI=1S/C9H15F2NO.C2H2F2.C2H6/c1-13-7-8-3-2-4-12(8)6-9(10,11)5-8;1-2(3)4;1-2/h2-7H2,1H3;1H2;1-2H3. The molecule has 2 heterocycles. The normalized spacial score (nSPS) is 27.7. The van der Waals surface area contributed by atoms with Crippen molar-refractivity contribution in [1.29, 1.82) is 0 Å². The van der Waals surface area contributed by atoms with Gasteiger partial charge >= 0.3 is 0 Å². The monoisotopic (exact) mass is 285 g/mol. The maximum atomic E-state index is 13.1. The van der Waals surface area contributed by atoms with E-state index in [0.29, 0.717) is 6.61 Å². The minimum absolute atomic E-state index is 0.0200. The summed E-state index contributed by atoms with van der Waals surface area (Å²) in [5.74, 6) is -2.50. The molecule has 114 valence electrons. The summed E-state index contributed by atoms with van der Waals surface area (Å²) >= 11 is 0. The van der Waals surface area contributed by atoms with Crippen molar-refractivity contribution in [2.75, 3.05) is 26.8 Å². The number of rotatable bonds is 2. The van der Waals surface area contributed by atoms with Crippen LogP contribution >= 0.6 is 0 Å². The number of hydrogen-bond acceptors (Lipinski definition) is 2. The molecule has 0 aromatic heterocycles. The highest BCUT2D eigenvalue weighted by atomic mass is 19.3. The van der Waals surface area contributed by atoms with Crippen LogP contribution in [0.15, 0.2) is 12.7 Å². The zero-order valence-electron chi connectivity index (χ0n) is 11.8. The van der Waals surface area contributed by atoms with Crippen molar-refractivity contribution in [1.82, 2.24) is 4.90 Å². The Bertz CT molecular complexity index is 282. The molecule has 0 saturated carbocycles. The molecular formula is C13H23F4NO. The van der Waals surface area contributed by atoms with Gasteiger partial charge in [-0.15, -0.1) is 0 Å². The summed E-state index contributed by atoms with van der Waals surface area (Å²) in [5.41, 5.74) is -0.349. The Morgan fingerprint density at radius 1 is 1.32 bits per heavy atom. The first-order chi connectivity index (χ1) is 8.81. The molecule has 0 amide bonds. The SMILES string of the molecule is C=C(F)F.CC.COCC12CCCN1CC(F)(F)C2. The van der Waals surface area contributed by atoms with Crippen LogP contribution in [0, 0.1) is 0 Å². The molecule has 2 rings (SSSR count). The van der Waals surface area contributed by atoms with Crippen molar-refractivity contribution in [3.05, 3.63) is 12.7 Å². The fraction of sp³-hybridized carbons (Fsp3) is 0.846. The summed E-state index contributed by atoms with van der Waals surface area (Å²) in [4.78, 5) is 1.90. The molecule has 0 aromatic rings. The molecule has 0 bridgehead atoms. The molecule has 2 fully saturated rings. The molecule has 2 aliphatic rings. The van der Waals surface area contributed by atoms with E-state index in [1.807, 2.05) is 18.7 Å². The Balaban J connectivity index is 0.000000467. The summed E-state index contributed by atoms with van der Waals surface area (Å²) in [6.07, 6.45) is 0.0315. The van der Waals surface area contributed by atoms with E-state index in [9.17, 15) is 17.6 Å². The third-order valence-electron chi connectivity index (χ3n) is 3.16. The lowest BCUT2D eigenvalue weighted by Crippen LogP contribution is -2.42. The van der Waals surface area contributed by atoms with Crippen molar-refractivity contribution >= 4 is 0 Å². The van der Waals surface area contributed by atoms with Crippen LogP contribution in [0.4, 0.5) is 17.6 Å². The minimum atomic E-state index is -2.50. The predicted molar refractivity (Wildman–Crippen MR) is 67.7 cm³/mol. The van der Waals surface area contributed by atoms with Crippen LogP contribution in [0.2, 0.25) is 0 Å². The summed E-state index contributed by atoms with van der Waals surface area (Å²) in [6.45, 7) is 7.40. The Kier molecular flexibility index (Phi) is 7.59. The largest absolute Gasteiger partial charge is 0.383 e. The number of ether oxygens (including phenoxy) is 1. The number of methoxy groups -OCH3 is 1. The van der Waals surface area contributed by atoms with Crippen LogP contribution in [-0.2, 0) is 4.74 Å². The van der Waals surface area contributed by atoms with Crippen LogP contribution in [0.3, 0.4) is 0 Å². The van der Waals surface area contributed by atoms with Crippen LogP contribution in [0.25, 0.3) is 0 Å². The molecule has 2 aliphatic heterocycles. The second kappa shape index (κ2) is 7.85. The van der Waals surface area contributed by atoms with E-state index in [2.05, 4.69) is 6.58 Å². The third kappa shape index (κ3) is 5.48. The average Bonchev–Trinajstić information content (AvgIpc) is 2.72. The second-order valence-corrected chi connectivity index (χ2v) is 4.55. The molecule has 6 heteroatoms. The topological polar surface area (TPSA) is 12.5 Å². The Labute approximate surface area is 112 Å². The van der Waals surface area contributed by atoms with Crippen LogP contribution in [0.1, 0.15) is 33.1 Å². The highest BCUT2D eigenvalue weighted by Gasteiger charge is 2.56. The van der Waals surface area contributed by atoms with Gasteiger partial charge in [0.25, 0.3) is 12.0 Å². The molecule has 1 unspecified atom stereocenters. The Morgan fingerprint density at radius 2 is 1.84 bits per heavy atom. The fourth-order valence-electron chi connectivity index (χ4n) is 2.74.